The maximum Gasteiger partial charge on any atom is 0.265 e. The quantitative estimate of drug-likeness (QED) is 0.350. The van der Waals surface area contributed by atoms with Crippen LogP contribution < -0.4 is 15.4 Å². The number of aliphatic hydroxyl groups excluding tert-OH is 1. The van der Waals surface area contributed by atoms with E-state index in [9.17, 15) is 22.7 Å². The van der Waals surface area contributed by atoms with Gasteiger partial charge in [-0.15, -0.1) is 0 Å². The van der Waals surface area contributed by atoms with Crippen molar-refractivity contribution in [1.29, 1.82) is 0 Å². The zero-order valence-electron chi connectivity index (χ0n) is 20.4. The summed E-state index contributed by atoms with van der Waals surface area (Å²) in [6.45, 7) is 0.621. The van der Waals surface area contributed by atoms with Crippen LogP contribution in [-0.4, -0.2) is 67.9 Å². The van der Waals surface area contributed by atoms with Crippen LogP contribution in [0.4, 0.5) is 23.2 Å². The smallest absolute Gasteiger partial charge is 0.265 e. The number of nitrogens with two attached hydrogens (primary N) is 1. The Morgan fingerprint density at radius 3 is 2.71 bits per heavy atom. The van der Waals surface area contributed by atoms with E-state index in [1.807, 2.05) is 0 Å². The fourth-order valence-corrected chi connectivity index (χ4v) is 4.85. The Labute approximate surface area is 214 Å². The number of piperidine rings is 1. The zero-order valence-corrected chi connectivity index (χ0v) is 20.4. The number of ether oxygens (including phenoxy) is 1. The van der Waals surface area contributed by atoms with Crippen molar-refractivity contribution in [2.45, 2.75) is 37.5 Å². The molecule has 5 rings (SSSR count). The molecule has 1 aliphatic rings. The summed E-state index contributed by atoms with van der Waals surface area (Å²) in [5.74, 6) is -1.72. The largest absolute Gasteiger partial charge is 0.494 e. The molecule has 3 aromatic heterocycles. The molecular weight excluding hydrogens is 506 g/mol. The van der Waals surface area contributed by atoms with Crippen molar-refractivity contribution in [2.75, 3.05) is 25.1 Å². The summed E-state index contributed by atoms with van der Waals surface area (Å²) in [7, 11) is 1.24. The molecule has 38 heavy (non-hydrogen) atoms. The number of alkyl halides is 2. The van der Waals surface area contributed by atoms with E-state index in [1.165, 1.54) is 19.6 Å². The van der Waals surface area contributed by atoms with Crippen LogP contribution in [0.15, 0.2) is 43.2 Å². The fourth-order valence-electron chi connectivity index (χ4n) is 4.85. The summed E-state index contributed by atoms with van der Waals surface area (Å²) < 4.78 is 62.7. The second-order valence-corrected chi connectivity index (χ2v) is 9.31. The number of hydrogen-bond acceptors (Lipinski definition) is 8. The second-order valence-electron chi connectivity index (χ2n) is 9.31. The van der Waals surface area contributed by atoms with Gasteiger partial charge >= 0.3 is 0 Å². The summed E-state index contributed by atoms with van der Waals surface area (Å²) in [5.41, 5.74) is 7.06. The maximum absolute atomic E-state index is 14.9. The third-order valence-corrected chi connectivity index (χ3v) is 6.83. The van der Waals surface area contributed by atoms with Crippen LogP contribution in [0.1, 0.15) is 18.4 Å². The molecule has 9 nitrogen and oxygen atoms in total. The molecule has 1 saturated heterocycles. The molecule has 0 saturated carbocycles. The molecule has 1 aliphatic heterocycles. The lowest BCUT2D eigenvalue weighted by Crippen LogP contribution is -2.63. The zero-order chi connectivity index (χ0) is 27.0. The Kier molecular flexibility index (Phi) is 6.88. The average Bonchev–Trinajstić information content (AvgIpc) is 3.32. The van der Waals surface area contributed by atoms with E-state index in [0.29, 0.717) is 35.4 Å². The SMILES string of the molecule is COc1cc(F)c(-c2cc(Cn3cnc4cncnc43)c(N3CCC[C@](N)([C@H](O)C(F)F)C3)cn2)cc1F. The van der Waals surface area contributed by atoms with Crippen molar-refractivity contribution in [3.8, 4) is 17.0 Å². The minimum Gasteiger partial charge on any atom is -0.494 e. The number of pyridine rings is 1. The van der Waals surface area contributed by atoms with Crippen molar-refractivity contribution in [1.82, 2.24) is 24.5 Å². The number of anilines is 1. The van der Waals surface area contributed by atoms with Crippen LogP contribution in [0.25, 0.3) is 22.4 Å². The lowest BCUT2D eigenvalue weighted by Gasteiger charge is -2.44. The fraction of sp³-hybridized carbons (Fsp3) is 0.360. The van der Waals surface area contributed by atoms with Crippen molar-refractivity contribution in [2.24, 2.45) is 5.73 Å². The predicted octanol–water partition coefficient (Wildman–Crippen LogP) is 3.15. The third-order valence-electron chi connectivity index (χ3n) is 6.83. The van der Waals surface area contributed by atoms with Gasteiger partial charge in [-0.1, -0.05) is 0 Å². The number of aliphatic hydroxyl groups is 1. The first kappa shape index (κ1) is 25.8. The van der Waals surface area contributed by atoms with E-state index < -0.39 is 29.7 Å². The number of halogens is 4. The van der Waals surface area contributed by atoms with E-state index >= 15 is 0 Å². The van der Waals surface area contributed by atoms with Crippen LogP contribution in [0.3, 0.4) is 0 Å². The molecule has 0 bridgehead atoms. The van der Waals surface area contributed by atoms with Crippen molar-refractivity contribution in [3.63, 3.8) is 0 Å². The van der Waals surface area contributed by atoms with Crippen LogP contribution in [0.5, 0.6) is 5.75 Å². The molecule has 0 radical (unpaired) electrons. The van der Waals surface area contributed by atoms with Crippen molar-refractivity contribution in [3.05, 3.63) is 60.4 Å². The molecule has 0 aliphatic carbocycles. The van der Waals surface area contributed by atoms with Gasteiger partial charge in [-0.2, -0.15) is 0 Å². The highest BCUT2D eigenvalue weighted by Gasteiger charge is 2.43. The molecule has 1 fully saturated rings. The predicted molar refractivity (Wildman–Crippen MR) is 131 cm³/mol. The number of hydrogen-bond donors (Lipinski definition) is 2. The van der Waals surface area contributed by atoms with Gasteiger partial charge in [-0.3, -0.25) is 4.98 Å². The standard InChI is InChI=1S/C25H25F4N7O2/c1-38-21-7-16(26)15(6-17(21)27)18-5-14(10-36-13-34-19-8-31-12-33-24(19)36)20(9-32-18)35-4-2-3-25(30,11-35)22(37)23(28)29/h5-9,12-13,22-23,37H,2-4,10-11,30H2,1H3/t22-,25-/m1/s1. The Balaban J connectivity index is 1.59. The van der Waals surface area contributed by atoms with E-state index in [-0.39, 0.29) is 36.5 Å². The van der Waals surface area contributed by atoms with Gasteiger partial charge in [0.05, 0.1) is 49.3 Å². The van der Waals surface area contributed by atoms with Crippen LogP contribution in [0, 0.1) is 11.6 Å². The molecule has 0 amide bonds. The van der Waals surface area contributed by atoms with E-state index in [0.717, 1.165) is 12.1 Å². The molecule has 3 N–H and O–H groups in total. The van der Waals surface area contributed by atoms with Gasteiger partial charge in [-0.05, 0) is 30.5 Å². The summed E-state index contributed by atoms with van der Waals surface area (Å²) in [6.07, 6.45) is 1.66. The Hall–Kier alpha value is -3.84. The third kappa shape index (κ3) is 4.74. The Morgan fingerprint density at radius 2 is 1.95 bits per heavy atom. The Bertz CT molecular complexity index is 1470. The van der Waals surface area contributed by atoms with Gasteiger partial charge in [0.1, 0.15) is 23.8 Å². The maximum atomic E-state index is 14.9. The summed E-state index contributed by atoms with van der Waals surface area (Å²) in [5, 5.41) is 10.1. The minimum absolute atomic E-state index is 0.0507. The molecule has 200 valence electrons. The number of methoxy groups -OCH3 is 1. The lowest BCUT2D eigenvalue weighted by atomic mass is 9.84. The molecule has 2 atom stereocenters. The molecule has 4 aromatic rings. The van der Waals surface area contributed by atoms with E-state index in [1.54, 1.807) is 28.1 Å². The molecule has 1 aromatic carbocycles. The number of imidazole rings is 1. The molecule has 4 heterocycles. The number of nitrogens with zero attached hydrogens (tertiary/aromatic N) is 6. The summed E-state index contributed by atoms with van der Waals surface area (Å²) >= 11 is 0. The highest BCUT2D eigenvalue weighted by molar-refractivity contribution is 5.70. The van der Waals surface area contributed by atoms with Crippen molar-refractivity contribution < 1.29 is 27.4 Å². The van der Waals surface area contributed by atoms with Crippen molar-refractivity contribution >= 4 is 16.9 Å². The number of benzene rings is 1. The van der Waals surface area contributed by atoms with Gasteiger partial charge in [0.25, 0.3) is 6.43 Å². The second kappa shape index (κ2) is 10.1. The summed E-state index contributed by atoms with van der Waals surface area (Å²) in [4.78, 5) is 18.7. The van der Waals surface area contributed by atoms with Crippen LogP contribution >= 0.6 is 0 Å². The van der Waals surface area contributed by atoms with Gasteiger partial charge in [0, 0.05) is 24.7 Å². The first-order chi connectivity index (χ1) is 18.2. The van der Waals surface area contributed by atoms with Crippen LogP contribution in [-0.2, 0) is 6.54 Å². The van der Waals surface area contributed by atoms with Gasteiger partial charge in [-0.25, -0.2) is 32.5 Å². The molecule has 13 heteroatoms. The normalized spacial score (nSPS) is 18.8. The number of aromatic nitrogens is 5. The topological polar surface area (TPSA) is 115 Å². The Morgan fingerprint density at radius 1 is 1.13 bits per heavy atom. The average molecular weight is 532 g/mol. The number of fused-ring (bicyclic) bond motifs is 1. The minimum atomic E-state index is -3.00. The van der Waals surface area contributed by atoms with Gasteiger partial charge in [0.15, 0.2) is 17.2 Å². The first-order valence-corrected chi connectivity index (χ1v) is 11.8. The van der Waals surface area contributed by atoms with Crippen LogP contribution in [0.2, 0.25) is 0 Å². The van der Waals surface area contributed by atoms with Gasteiger partial charge < -0.3 is 25.0 Å². The highest BCUT2D eigenvalue weighted by Crippen LogP contribution is 2.34. The number of rotatable bonds is 7. The summed E-state index contributed by atoms with van der Waals surface area (Å²) in [6, 6.07) is 3.55. The molecular formula is C25H25F4N7O2. The van der Waals surface area contributed by atoms with E-state index in [4.69, 9.17) is 10.5 Å². The molecule has 0 spiro atoms. The lowest BCUT2D eigenvalue weighted by molar-refractivity contribution is -0.0529. The first-order valence-electron chi connectivity index (χ1n) is 11.8. The van der Waals surface area contributed by atoms with E-state index in [2.05, 4.69) is 19.9 Å². The molecule has 0 unspecified atom stereocenters. The highest BCUT2D eigenvalue weighted by atomic mass is 19.3. The monoisotopic (exact) mass is 531 g/mol. The van der Waals surface area contributed by atoms with Gasteiger partial charge in [0.2, 0.25) is 0 Å².